The van der Waals surface area contributed by atoms with Crippen LogP contribution in [0.2, 0.25) is 0 Å². The molecule has 2 rings (SSSR count). The average molecular weight is 299 g/mol. The second-order valence-corrected chi connectivity index (χ2v) is 7.08. The molecule has 1 heterocycles. The Hall–Kier alpha value is -0.940. The maximum absolute atomic E-state index is 13.3. The average Bonchev–Trinajstić information content (AvgIpc) is 2.60. The van der Waals surface area contributed by atoms with Gasteiger partial charge >= 0.3 is 0 Å². The lowest BCUT2D eigenvalue weighted by atomic mass is 10.0. The lowest BCUT2D eigenvalue weighted by Gasteiger charge is -2.19. The van der Waals surface area contributed by atoms with E-state index in [0.29, 0.717) is 12.4 Å². The maximum Gasteiger partial charge on any atom is 0.126 e. The monoisotopic (exact) mass is 299 g/mol. The van der Waals surface area contributed by atoms with Gasteiger partial charge < -0.3 is 10.1 Å². The number of ether oxygens (including phenoxy) is 1. The molecular weight excluding hydrogens is 277 g/mol. The fourth-order valence-corrected chi connectivity index (χ4v) is 2.83. The first-order valence-electron chi connectivity index (χ1n) is 7.06. The molecule has 3 nitrogen and oxygen atoms in total. The molecule has 1 aliphatic heterocycles. The smallest absolute Gasteiger partial charge is 0.126 e. The summed E-state index contributed by atoms with van der Waals surface area (Å²) in [5.41, 5.74) is 1.02. The molecule has 0 aromatic heterocycles. The summed E-state index contributed by atoms with van der Waals surface area (Å²) in [6.45, 7) is 3.43. The van der Waals surface area contributed by atoms with Gasteiger partial charge in [0.05, 0.1) is 6.61 Å². The Labute approximate surface area is 122 Å². The van der Waals surface area contributed by atoms with Crippen molar-refractivity contribution in [3.63, 3.8) is 0 Å². The van der Waals surface area contributed by atoms with Crippen molar-refractivity contribution >= 4 is 10.8 Å². The van der Waals surface area contributed by atoms with Gasteiger partial charge in [-0.15, -0.1) is 0 Å². The lowest BCUT2D eigenvalue weighted by molar-refractivity contribution is 0.313. The molecule has 0 radical (unpaired) electrons. The van der Waals surface area contributed by atoms with Crippen LogP contribution in [-0.4, -0.2) is 28.9 Å². The molecule has 1 aromatic carbocycles. The zero-order valence-electron chi connectivity index (χ0n) is 12.0. The first-order chi connectivity index (χ1) is 9.58. The quantitative estimate of drug-likeness (QED) is 0.908. The summed E-state index contributed by atoms with van der Waals surface area (Å²) in [6.07, 6.45) is 4.53. The summed E-state index contributed by atoms with van der Waals surface area (Å²) < 4.78 is 30.2. The van der Waals surface area contributed by atoms with Crippen LogP contribution in [-0.2, 0) is 10.8 Å². The van der Waals surface area contributed by atoms with E-state index in [1.807, 2.05) is 6.92 Å². The third kappa shape index (κ3) is 4.03. The predicted molar refractivity (Wildman–Crippen MR) is 80.0 cm³/mol. The summed E-state index contributed by atoms with van der Waals surface area (Å²) in [7, 11) is -0.783. The third-order valence-electron chi connectivity index (χ3n) is 3.75. The van der Waals surface area contributed by atoms with Crippen molar-refractivity contribution in [3.05, 3.63) is 29.6 Å². The Bertz CT molecular complexity index is 481. The van der Waals surface area contributed by atoms with E-state index in [-0.39, 0.29) is 17.1 Å². The van der Waals surface area contributed by atoms with Crippen molar-refractivity contribution in [1.82, 2.24) is 5.32 Å². The largest absolute Gasteiger partial charge is 0.493 e. The standard InChI is InChI=1S/C15H22FNO2S/c1-11(20(2)18)7-8-17-14-4-3-9-19-15-10-12(16)5-6-13(14)15/h5-6,10-11,14,17H,3-4,7-9H2,1-2H3/t11-,14-,20+/m1/s1. The van der Waals surface area contributed by atoms with Gasteiger partial charge in [-0.3, -0.25) is 4.21 Å². The molecule has 1 aliphatic rings. The molecule has 0 unspecified atom stereocenters. The molecule has 0 amide bonds. The second kappa shape index (κ2) is 7.18. The van der Waals surface area contributed by atoms with Crippen LogP contribution in [0.1, 0.15) is 37.8 Å². The molecule has 0 fully saturated rings. The number of hydrogen-bond acceptors (Lipinski definition) is 3. The lowest BCUT2D eigenvalue weighted by Crippen LogP contribution is -2.25. The molecule has 5 heteroatoms. The van der Waals surface area contributed by atoms with Crippen molar-refractivity contribution in [2.45, 2.75) is 37.5 Å². The van der Waals surface area contributed by atoms with E-state index in [0.717, 1.165) is 31.4 Å². The molecule has 1 aromatic rings. The Morgan fingerprint density at radius 1 is 1.55 bits per heavy atom. The molecule has 0 saturated carbocycles. The van der Waals surface area contributed by atoms with Crippen LogP contribution in [0.3, 0.4) is 0 Å². The van der Waals surface area contributed by atoms with Crippen LogP contribution in [0.4, 0.5) is 4.39 Å². The van der Waals surface area contributed by atoms with Gasteiger partial charge in [0.1, 0.15) is 11.6 Å². The molecule has 20 heavy (non-hydrogen) atoms. The van der Waals surface area contributed by atoms with Gasteiger partial charge in [-0.05, 0) is 31.9 Å². The van der Waals surface area contributed by atoms with Crippen molar-refractivity contribution < 1.29 is 13.3 Å². The summed E-state index contributed by atoms with van der Waals surface area (Å²) in [4.78, 5) is 0. The van der Waals surface area contributed by atoms with Crippen LogP contribution < -0.4 is 10.1 Å². The van der Waals surface area contributed by atoms with Gasteiger partial charge in [-0.2, -0.15) is 0 Å². The molecule has 3 atom stereocenters. The van der Waals surface area contributed by atoms with E-state index < -0.39 is 10.8 Å². The SMILES string of the molecule is C[C@H](CCN[C@@H]1CCCOc2cc(F)ccc21)[S@](C)=O. The Morgan fingerprint density at radius 2 is 2.35 bits per heavy atom. The molecule has 0 aliphatic carbocycles. The zero-order chi connectivity index (χ0) is 14.5. The van der Waals surface area contributed by atoms with Crippen LogP contribution >= 0.6 is 0 Å². The van der Waals surface area contributed by atoms with Gasteiger partial charge in [0, 0.05) is 40.0 Å². The molecule has 112 valence electrons. The first kappa shape index (κ1) is 15.4. The molecule has 0 spiro atoms. The number of fused-ring (bicyclic) bond motifs is 1. The molecule has 0 saturated heterocycles. The number of hydrogen-bond donors (Lipinski definition) is 1. The first-order valence-corrected chi connectivity index (χ1v) is 8.68. The summed E-state index contributed by atoms with van der Waals surface area (Å²) >= 11 is 0. The van der Waals surface area contributed by atoms with Crippen LogP contribution in [0.15, 0.2) is 18.2 Å². The minimum absolute atomic E-state index is 0.186. The minimum atomic E-state index is -0.783. The van der Waals surface area contributed by atoms with Gasteiger partial charge in [-0.1, -0.05) is 13.0 Å². The van der Waals surface area contributed by atoms with Crippen LogP contribution in [0.25, 0.3) is 0 Å². The zero-order valence-corrected chi connectivity index (χ0v) is 12.8. The maximum atomic E-state index is 13.3. The predicted octanol–water partition coefficient (Wildman–Crippen LogP) is 2.79. The van der Waals surface area contributed by atoms with Gasteiger partial charge in [0.25, 0.3) is 0 Å². The number of halogens is 1. The van der Waals surface area contributed by atoms with E-state index in [2.05, 4.69) is 5.32 Å². The van der Waals surface area contributed by atoms with Crippen molar-refractivity contribution in [2.24, 2.45) is 0 Å². The van der Waals surface area contributed by atoms with Gasteiger partial charge in [0.15, 0.2) is 0 Å². The number of rotatable bonds is 5. The van der Waals surface area contributed by atoms with Crippen molar-refractivity contribution in [1.29, 1.82) is 0 Å². The summed E-state index contributed by atoms with van der Waals surface area (Å²) in [6, 6.07) is 4.92. The topological polar surface area (TPSA) is 38.3 Å². The van der Waals surface area contributed by atoms with E-state index in [1.54, 1.807) is 12.3 Å². The fourth-order valence-electron chi connectivity index (χ4n) is 2.38. The number of benzene rings is 1. The number of nitrogens with one attached hydrogen (secondary N) is 1. The third-order valence-corrected chi connectivity index (χ3v) is 5.12. The fraction of sp³-hybridized carbons (Fsp3) is 0.600. The highest BCUT2D eigenvalue weighted by Crippen LogP contribution is 2.32. The molecular formula is C15H22FNO2S. The van der Waals surface area contributed by atoms with E-state index in [1.165, 1.54) is 12.1 Å². The Morgan fingerprint density at radius 3 is 3.10 bits per heavy atom. The minimum Gasteiger partial charge on any atom is -0.493 e. The molecule has 0 bridgehead atoms. The van der Waals surface area contributed by atoms with Gasteiger partial charge in [-0.25, -0.2) is 4.39 Å². The van der Waals surface area contributed by atoms with E-state index in [4.69, 9.17) is 4.74 Å². The highest BCUT2D eigenvalue weighted by Gasteiger charge is 2.20. The van der Waals surface area contributed by atoms with Crippen molar-refractivity contribution in [3.8, 4) is 5.75 Å². The van der Waals surface area contributed by atoms with E-state index >= 15 is 0 Å². The molecule has 1 N–H and O–H groups in total. The summed E-state index contributed by atoms with van der Waals surface area (Å²) in [5.74, 6) is 0.381. The van der Waals surface area contributed by atoms with Gasteiger partial charge in [0.2, 0.25) is 0 Å². The Balaban J connectivity index is 2.00. The van der Waals surface area contributed by atoms with E-state index in [9.17, 15) is 8.60 Å². The Kier molecular flexibility index (Phi) is 5.54. The van der Waals surface area contributed by atoms with Crippen LogP contribution in [0.5, 0.6) is 5.75 Å². The second-order valence-electron chi connectivity index (χ2n) is 5.28. The normalized spacial score (nSPS) is 21.4. The highest BCUT2D eigenvalue weighted by molar-refractivity contribution is 7.84. The highest BCUT2D eigenvalue weighted by atomic mass is 32.2. The van der Waals surface area contributed by atoms with Crippen LogP contribution in [0, 0.1) is 5.82 Å². The van der Waals surface area contributed by atoms with Crippen molar-refractivity contribution in [2.75, 3.05) is 19.4 Å². The summed E-state index contributed by atoms with van der Waals surface area (Å²) in [5, 5.41) is 3.68.